The van der Waals surface area contributed by atoms with E-state index in [0.29, 0.717) is 25.0 Å². The molecule has 0 aromatic heterocycles. The van der Waals surface area contributed by atoms with Gasteiger partial charge in [0.2, 0.25) is 5.91 Å². The van der Waals surface area contributed by atoms with Gasteiger partial charge in [0.1, 0.15) is 5.75 Å². The first-order valence-corrected chi connectivity index (χ1v) is 9.77. The van der Waals surface area contributed by atoms with Crippen molar-refractivity contribution in [2.24, 2.45) is 11.7 Å². The topological polar surface area (TPSA) is 134 Å². The van der Waals surface area contributed by atoms with E-state index in [9.17, 15) is 13.2 Å². The highest BCUT2D eigenvalue weighted by Crippen LogP contribution is 2.28. The lowest BCUT2D eigenvalue weighted by molar-refractivity contribution is -0.117. The quantitative estimate of drug-likeness (QED) is 0.409. The van der Waals surface area contributed by atoms with Crippen molar-refractivity contribution in [1.82, 2.24) is 0 Å². The monoisotopic (exact) mass is 375 g/mol. The Morgan fingerprint density at radius 3 is 2.46 bits per heavy atom. The molecule has 1 aromatic rings. The van der Waals surface area contributed by atoms with Crippen molar-refractivity contribution in [2.75, 3.05) is 30.6 Å². The number of rotatable bonds is 4. The first kappa shape index (κ1) is 20.3. The molecule has 8 nitrogen and oxygen atoms in total. The Kier molecular flexibility index (Phi) is 7.52. The molecule has 10 heteroatoms. The molecule has 1 aliphatic rings. The highest BCUT2D eigenvalue weighted by atomic mass is 32.2. The van der Waals surface area contributed by atoms with Gasteiger partial charge in [0, 0.05) is 24.4 Å². The van der Waals surface area contributed by atoms with E-state index in [-0.39, 0.29) is 17.0 Å². The van der Waals surface area contributed by atoms with Crippen LogP contribution in [-0.2, 0) is 14.9 Å². The van der Waals surface area contributed by atoms with Crippen LogP contribution in [0.25, 0.3) is 0 Å². The van der Waals surface area contributed by atoms with Gasteiger partial charge < -0.3 is 15.4 Å². The van der Waals surface area contributed by atoms with E-state index in [1.807, 2.05) is 24.3 Å². The zero-order chi connectivity index (χ0) is 18.3. The number of ether oxygens (including phenoxy) is 1. The van der Waals surface area contributed by atoms with E-state index in [1.54, 1.807) is 12.0 Å². The van der Waals surface area contributed by atoms with E-state index in [2.05, 4.69) is 0 Å². The normalized spacial score (nSPS) is 17.2. The highest BCUT2D eigenvalue weighted by Gasteiger charge is 2.30. The van der Waals surface area contributed by atoms with Gasteiger partial charge in [-0.15, -0.1) is 0 Å². The standard InChI is InChI=1S/C13H17N3O2S.CH4O3S/c1-18-11-4-2-10(3-5-11)16-7-9(6-12(16)17)8-19-13(14)15;1-5(2,3)4/h2-5,9H,6-8H2,1H3,(H3,14,15);1H3,(H,2,3,4). The SMILES string of the molecule is COc1ccc(N2CC(CSC(=N)N)CC2=O)cc1.CS(=O)(=O)O. The number of benzene rings is 1. The van der Waals surface area contributed by atoms with Gasteiger partial charge in [-0.2, -0.15) is 8.42 Å². The van der Waals surface area contributed by atoms with Gasteiger partial charge in [0.05, 0.1) is 13.4 Å². The number of amidine groups is 1. The fraction of sp³-hybridized carbons (Fsp3) is 0.429. The lowest BCUT2D eigenvalue weighted by atomic mass is 10.1. The Bertz CT molecular complexity index is 668. The van der Waals surface area contributed by atoms with Crippen LogP contribution in [0.2, 0.25) is 0 Å². The van der Waals surface area contributed by atoms with E-state index in [1.165, 1.54) is 11.8 Å². The molecule has 1 aliphatic heterocycles. The first-order chi connectivity index (χ1) is 11.1. The van der Waals surface area contributed by atoms with Crippen molar-refractivity contribution in [3.63, 3.8) is 0 Å². The molecular weight excluding hydrogens is 354 g/mol. The van der Waals surface area contributed by atoms with Gasteiger partial charge in [-0.25, -0.2) is 0 Å². The molecule has 1 saturated heterocycles. The summed E-state index contributed by atoms with van der Waals surface area (Å²) < 4.78 is 31.0. The van der Waals surface area contributed by atoms with Crippen LogP contribution in [0.1, 0.15) is 6.42 Å². The Labute approximate surface area is 145 Å². The van der Waals surface area contributed by atoms with Crippen LogP contribution in [-0.4, -0.2) is 49.7 Å². The van der Waals surface area contributed by atoms with Gasteiger partial charge in [-0.05, 0) is 30.2 Å². The molecule has 1 unspecified atom stereocenters. The molecule has 0 aliphatic carbocycles. The van der Waals surface area contributed by atoms with Crippen LogP contribution < -0.4 is 15.4 Å². The van der Waals surface area contributed by atoms with Crippen molar-refractivity contribution in [3.8, 4) is 5.75 Å². The molecule has 1 amide bonds. The van der Waals surface area contributed by atoms with E-state index < -0.39 is 10.1 Å². The van der Waals surface area contributed by atoms with Gasteiger partial charge in [-0.3, -0.25) is 14.8 Å². The molecule has 1 heterocycles. The number of anilines is 1. The minimum absolute atomic E-state index is 0.107. The van der Waals surface area contributed by atoms with Gasteiger partial charge in [0.15, 0.2) is 5.17 Å². The largest absolute Gasteiger partial charge is 0.497 e. The number of carbonyl (C=O) groups excluding carboxylic acids is 1. The summed E-state index contributed by atoms with van der Waals surface area (Å²) in [4.78, 5) is 13.8. The molecule has 0 saturated carbocycles. The lowest BCUT2D eigenvalue weighted by Gasteiger charge is -2.17. The Balaban J connectivity index is 0.000000505. The maximum absolute atomic E-state index is 12.0. The van der Waals surface area contributed by atoms with Crippen LogP contribution in [0.3, 0.4) is 0 Å². The number of thioether (sulfide) groups is 1. The minimum atomic E-state index is -3.67. The van der Waals surface area contributed by atoms with Gasteiger partial charge in [0.25, 0.3) is 10.1 Å². The fourth-order valence-corrected chi connectivity index (χ4v) is 2.75. The van der Waals surface area contributed by atoms with Crippen LogP contribution in [0.4, 0.5) is 5.69 Å². The summed E-state index contributed by atoms with van der Waals surface area (Å²) in [6.07, 6.45) is 1.24. The minimum Gasteiger partial charge on any atom is -0.497 e. The number of nitrogens with zero attached hydrogens (tertiary/aromatic N) is 1. The first-order valence-electron chi connectivity index (χ1n) is 6.94. The van der Waals surface area contributed by atoms with Crippen molar-refractivity contribution in [2.45, 2.75) is 6.42 Å². The molecule has 1 atom stereocenters. The fourth-order valence-electron chi connectivity index (χ4n) is 2.11. The molecule has 24 heavy (non-hydrogen) atoms. The maximum atomic E-state index is 12.0. The van der Waals surface area contributed by atoms with Crippen LogP contribution in [0, 0.1) is 11.3 Å². The molecule has 0 bridgehead atoms. The Morgan fingerprint density at radius 2 is 2.00 bits per heavy atom. The number of methoxy groups -OCH3 is 1. The zero-order valence-corrected chi connectivity index (χ0v) is 15.1. The predicted molar refractivity (Wildman–Crippen MR) is 95.3 cm³/mol. The second-order valence-electron chi connectivity index (χ2n) is 5.18. The second kappa shape index (κ2) is 8.90. The van der Waals surface area contributed by atoms with Crippen molar-refractivity contribution < 1.29 is 22.5 Å². The van der Waals surface area contributed by atoms with Crippen LogP contribution in [0.15, 0.2) is 24.3 Å². The number of carbonyl (C=O) groups is 1. The van der Waals surface area contributed by atoms with E-state index in [4.69, 9.17) is 20.4 Å². The van der Waals surface area contributed by atoms with Crippen molar-refractivity contribution in [3.05, 3.63) is 24.3 Å². The van der Waals surface area contributed by atoms with E-state index in [0.717, 1.165) is 11.4 Å². The number of nitrogens with one attached hydrogen (secondary N) is 1. The third-order valence-corrected chi connectivity index (χ3v) is 4.01. The lowest BCUT2D eigenvalue weighted by Crippen LogP contribution is -2.24. The number of hydrogen-bond acceptors (Lipinski definition) is 6. The number of hydrogen-bond donors (Lipinski definition) is 3. The molecule has 1 fully saturated rings. The van der Waals surface area contributed by atoms with Crippen molar-refractivity contribution >= 4 is 38.6 Å². The van der Waals surface area contributed by atoms with Crippen molar-refractivity contribution in [1.29, 1.82) is 5.41 Å². The molecule has 2 rings (SSSR count). The number of amides is 1. The average Bonchev–Trinajstić information content (AvgIpc) is 2.84. The molecule has 134 valence electrons. The second-order valence-corrected chi connectivity index (χ2v) is 7.71. The predicted octanol–water partition coefficient (Wildman–Crippen LogP) is 1.18. The summed E-state index contributed by atoms with van der Waals surface area (Å²) in [5, 5.41) is 7.30. The smallest absolute Gasteiger partial charge is 0.261 e. The van der Waals surface area contributed by atoms with Crippen LogP contribution >= 0.6 is 11.8 Å². The molecule has 0 spiro atoms. The summed E-state index contributed by atoms with van der Waals surface area (Å²) in [7, 11) is -2.05. The summed E-state index contributed by atoms with van der Waals surface area (Å²) in [5.74, 6) is 1.87. The zero-order valence-electron chi connectivity index (χ0n) is 13.4. The summed E-state index contributed by atoms with van der Waals surface area (Å²) in [6, 6.07) is 7.47. The Hall–Kier alpha value is -1.78. The third kappa shape index (κ3) is 7.66. The third-order valence-electron chi connectivity index (χ3n) is 3.06. The molecular formula is C14H21N3O5S2. The van der Waals surface area contributed by atoms with Gasteiger partial charge in [-0.1, -0.05) is 11.8 Å². The van der Waals surface area contributed by atoms with E-state index >= 15 is 0 Å². The average molecular weight is 375 g/mol. The van der Waals surface area contributed by atoms with Gasteiger partial charge >= 0.3 is 0 Å². The maximum Gasteiger partial charge on any atom is 0.261 e. The highest BCUT2D eigenvalue weighted by molar-refractivity contribution is 8.13. The summed E-state index contributed by atoms with van der Waals surface area (Å²) >= 11 is 1.30. The summed E-state index contributed by atoms with van der Waals surface area (Å²) in [6.45, 7) is 0.686. The Morgan fingerprint density at radius 1 is 1.46 bits per heavy atom. The number of nitrogens with two attached hydrogens (primary N) is 1. The molecule has 1 aromatic carbocycles. The molecule has 0 radical (unpaired) electrons. The summed E-state index contributed by atoms with van der Waals surface area (Å²) in [5.41, 5.74) is 6.21. The van der Waals surface area contributed by atoms with Crippen LogP contribution in [0.5, 0.6) is 5.75 Å². The molecule has 4 N–H and O–H groups in total.